The molecule has 0 fully saturated rings. The van der Waals surface area contributed by atoms with Gasteiger partial charge >= 0.3 is 0 Å². The van der Waals surface area contributed by atoms with Crippen LogP contribution in [0.25, 0.3) is 0 Å². The molecule has 0 spiro atoms. The highest BCUT2D eigenvalue weighted by Crippen LogP contribution is 2.40. The summed E-state index contributed by atoms with van der Waals surface area (Å²) in [5.41, 5.74) is 8.69. The summed E-state index contributed by atoms with van der Waals surface area (Å²) >= 11 is 6.15. The van der Waals surface area contributed by atoms with E-state index in [4.69, 9.17) is 17.3 Å². The number of nitrogens with one attached hydrogen (secondary N) is 1. The zero-order chi connectivity index (χ0) is 11.0. The summed E-state index contributed by atoms with van der Waals surface area (Å²) in [6.07, 6.45) is -0.530. The van der Waals surface area contributed by atoms with Crippen molar-refractivity contribution in [3.63, 3.8) is 0 Å². The second-order valence-electron chi connectivity index (χ2n) is 3.94. The van der Waals surface area contributed by atoms with Gasteiger partial charge in [0.15, 0.2) is 0 Å². The minimum absolute atomic E-state index is 0.0115. The summed E-state index contributed by atoms with van der Waals surface area (Å²) in [7, 11) is 0. The molecule has 0 bridgehead atoms. The van der Waals surface area contributed by atoms with Crippen LogP contribution in [0.1, 0.15) is 17.0 Å². The average Bonchev–Trinajstić information content (AvgIpc) is 2.68. The summed E-state index contributed by atoms with van der Waals surface area (Å²) in [4.78, 5) is 0. The number of nitrogens with two attached hydrogens (primary N) is 1. The van der Waals surface area contributed by atoms with Gasteiger partial charge in [0.05, 0.1) is 6.10 Å². The Morgan fingerprint density at radius 2 is 2.40 bits per heavy atom. The van der Waals surface area contributed by atoms with Crippen molar-refractivity contribution < 1.29 is 5.11 Å². The fourth-order valence-electron chi connectivity index (χ4n) is 2.11. The molecular weight excluding hydrogens is 212 g/mol. The number of aryl methyl sites for hydroxylation is 1. The van der Waals surface area contributed by atoms with Crippen LogP contribution in [0.4, 0.5) is 5.69 Å². The van der Waals surface area contributed by atoms with Gasteiger partial charge in [-0.1, -0.05) is 17.7 Å². The standard InChI is InChI=1S/C11H15ClN2O/c1-6-2-3-8(12)10-7(9(15)4-13)5-14-11(6)10/h2-3,7,9,14-15H,4-5,13H2,1H3. The number of rotatable bonds is 2. The number of hydrogen-bond donors (Lipinski definition) is 3. The monoisotopic (exact) mass is 226 g/mol. The molecule has 4 heteroatoms. The second-order valence-corrected chi connectivity index (χ2v) is 4.35. The Morgan fingerprint density at radius 1 is 1.67 bits per heavy atom. The maximum Gasteiger partial charge on any atom is 0.0749 e. The van der Waals surface area contributed by atoms with E-state index in [-0.39, 0.29) is 12.5 Å². The van der Waals surface area contributed by atoms with E-state index in [9.17, 15) is 5.11 Å². The fraction of sp³-hybridized carbons (Fsp3) is 0.455. The van der Waals surface area contributed by atoms with Crippen LogP contribution in [-0.2, 0) is 0 Å². The predicted octanol–water partition coefficient (Wildman–Crippen LogP) is 1.48. The Hall–Kier alpha value is -0.770. The SMILES string of the molecule is Cc1ccc(Cl)c2c1NCC2C(O)CN. The second kappa shape index (κ2) is 4.00. The Balaban J connectivity index is 2.45. The molecule has 0 aromatic heterocycles. The van der Waals surface area contributed by atoms with Crippen molar-refractivity contribution in [1.29, 1.82) is 0 Å². The maximum atomic E-state index is 9.80. The van der Waals surface area contributed by atoms with Gasteiger partial charge in [0.25, 0.3) is 0 Å². The molecule has 2 unspecified atom stereocenters. The summed E-state index contributed by atoms with van der Waals surface area (Å²) in [6.45, 7) is 2.99. The third-order valence-electron chi connectivity index (χ3n) is 2.98. The first-order chi connectivity index (χ1) is 7.15. The number of benzene rings is 1. The molecule has 15 heavy (non-hydrogen) atoms. The molecule has 1 aliphatic rings. The van der Waals surface area contributed by atoms with Gasteiger partial charge in [-0.3, -0.25) is 0 Å². The summed E-state index contributed by atoms with van der Waals surface area (Å²) in [5.74, 6) is 0.0115. The first kappa shape index (κ1) is 10.7. The van der Waals surface area contributed by atoms with Gasteiger partial charge in [0.2, 0.25) is 0 Å². The quantitative estimate of drug-likeness (QED) is 0.716. The molecule has 0 amide bonds. The number of hydrogen-bond acceptors (Lipinski definition) is 3. The van der Waals surface area contributed by atoms with Crippen molar-refractivity contribution in [2.24, 2.45) is 5.73 Å². The minimum atomic E-state index is -0.530. The maximum absolute atomic E-state index is 9.80. The van der Waals surface area contributed by atoms with Crippen molar-refractivity contribution in [3.8, 4) is 0 Å². The molecule has 82 valence electrons. The lowest BCUT2D eigenvalue weighted by molar-refractivity contribution is 0.158. The van der Waals surface area contributed by atoms with Crippen LogP contribution in [0.2, 0.25) is 5.02 Å². The molecule has 1 aromatic carbocycles. The van der Waals surface area contributed by atoms with E-state index < -0.39 is 6.10 Å². The van der Waals surface area contributed by atoms with Crippen LogP contribution >= 0.6 is 11.6 Å². The highest BCUT2D eigenvalue weighted by Gasteiger charge is 2.30. The van der Waals surface area contributed by atoms with Crippen molar-refractivity contribution in [2.75, 3.05) is 18.4 Å². The number of halogens is 1. The molecule has 1 aromatic rings. The van der Waals surface area contributed by atoms with Crippen LogP contribution in [0.3, 0.4) is 0 Å². The van der Waals surface area contributed by atoms with E-state index in [1.54, 1.807) is 0 Å². The number of aliphatic hydroxyl groups is 1. The van der Waals surface area contributed by atoms with E-state index in [1.165, 1.54) is 0 Å². The Morgan fingerprint density at radius 3 is 3.07 bits per heavy atom. The molecule has 2 rings (SSSR count). The predicted molar refractivity (Wildman–Crippen MR) is 62.5 cm³/mol. The number of aliphatic hydroxyl groups excluding tert-OH is 1. The molecule has 1 aliphatic heterocycles. The highest BCUT2D eigenvalue weighted by molar-refractivity contribution is 6.32. The number of anilines is 1. The van der Waals surface area contributed by atoms with Gasteiger partial charge < -0.3 is 16.2 Å². The van der Waals surface area contributed by atoms with Crippen LogP contribution in [-0.4, -0.2) is 24.3 Å². The molecule has 1 heterocycles. The fourth-order valence-corrected chi connectivity index (χ4v) is 2.40. The van der Waals surface area contributed by atoms with E-state index in [0.717, 1.165) is 16.8 Å². The molecule has 0 saturated carbocycles. The van der Waals surface area contributed by atoms with Gasteiger partial charge in [0.1, 0.15) is 0 Å². The first-order valence-corrected chi connectivity index (χ1v) is 5.44. The van der Waals surface area contributed by atoms with Gasteiger partial charge in [-0.15, -0.1) is 0 Å². The lowest BCUT2D eigenvalue weighted by Crippen LogP contribution is -2.28. The van der Waals surface area contributed by atoms with Crippen LogP contribution in [0.5, 0.6) is 0 Å². The zero-order valence-electron chi connectivity index (χ0n) is 8.63. The van der Waals surface area contributed by atoms with Gasteiger partial charge in [-0.05, 0) is 18.6 Å². The average molecular weight is 227 g/mol. The highest BCUT2D eigenvalue weighted by atomic mass is 35.5. The lowest BCUT2D eigenvalue weighted by atomic mass is 9.94. The van der Waals surface area contributed by atoms with E-state index in [2.05, 4.69) is 5.32 Å². The Labute approximate surface area is 94.2 Å². The Bertz CT molecular complexity index is 381. The molecule has 4 N–H and O–H groups in total. The molecule has 0 radical (unpaired) electrons. The first-order valence-electron chi connectivity index (χ1n) is 5.06. The van der Waals surface area contributed by atoms with Crippen LogP contribution in [0, 0.1) is 6.92 Å². The molecular formula is C11H15ClN2O. The van der Waals surface area contributed by atoms with Crippen molar-refractivity contribution in [3.05, 3.63) is 28.3 Å². The lowest BCUT2D eigenvalue weighted by Gasteiger charge is -2.17. The van der Waals surface area contributed by atoms with Crippen molar-refractivity contribution in [2.45, 2.75) is 18.9 Å². The third-order valence-corrected chi connectivity index (χ3v) is 3.31. The summed E-state index contributed by atoms with van der Waals surface area (Å²) < 4.78 is 0. The van der Waals surface area contributed by atoms with Gasteiger partial charge in [-0.25, -0.2) is 0 Å². The van der Waals surface area contributed by atoms with Crippen LogP contribution in [0.15, 0.2) is 12.1 Å². The minimum Gasteiger partial charge on any atom is -0.391 e. The smallest absolute Gasteiger partial charge is 0.0749 e. The van der Waals surface area contributed by atoms with E-state index in [0.29, 0.717) is 11.6 Å². The molecule has 3 nitrogen and oxygen atoms in total. The topological polar surface area (TPSA) is 58.3 Å². The summed E-state index contributed by atoms with van der Waals surface area (Å²) in [6, 6.07) is 3.85. The van der Waals surface area contributed by atoms with E-state index in [1.807, 2.05) is 19.1 Å². The molecule has 2 atom stereocenters. The van der Waals surface area contributed by atoms with Gasteiger partial charge in [-0.2, -0.15) is 0 Å². The van der Waals surface area contributed by atoms with Gasteiger partial charge in [0, 0.05) is 35.3 Å². The largest absolute Gasteiger partial charge is 0.391 e. The summed E-state index contributed by atoms with van der Waals surface area (Å²) in [5, 5.41) is 13.8. The van der Waals surface area contributed by atoms with E-state index >= 15 is 0 Å². The Kier molecular flexibility index (Phi) is 2.87. The van der Waals surface area contributed by atoms with Crippen molar-refractivity contribution in [1.82, 2.24) is 0 Å². The zero-order valence-corrected chi connectivity index (χ0v) is 9.38. The normalized spacial score (nSPS) is 20.9. The molecule has 0 aliphatic carbocycles. The number of fused-ring (bicyclic) bond motifs is 1. The van der Waals surface area contributed by atoms with Crippen LogP contribution < -0.4 is 11.1 Å². The van der Waals surface area contributed by atoms with Crippen molar-refractivity contribution >= 4 is 17.3 Å². The molecule has 0 saturated heterocycles. The third kappa shape index (κ3) is 1.71.